The van der Waals surface area contributed by atoms with Crippen molar-refractivity contribution < 1.29 is 27.0 Å². The average Bonchev–Trinajstić information content (AvgIpc) is 1.84. The second-order valence-corrected chi connectivity index (χ2v) is 2.25. The van der Waals surface area contributed by atoms with Crippen LogP contribution in [-0.4, -0.2) is 17.1 Å². The number of carboxylic acids is 1. The Labute approximate surface area is 71.5 Å². The zero-order valence-electron chi connectivity index (χ0n) is 6.17. The van der Waals surface area contributed by atoms with Gasteiger partial charge in [-0.15, -0.1) is 0 Å². The topological polar surface area (TPSA) is 63.3 Å². The van der Waals surface area contributed by atoms with E-state index in [1.54, 1.807) is 0 Å². The van der Waals surface area contributed by atoms with Gasteiger partial charge in [0, 0.05) is 17.1 Å². The van der Waals surface area contributed by atoms with Crippen molar-refractivity contribution in [3.05, 3.63) is 0 Å². The summed E-state index contributed by atoms with van der Waals surface area (Å²) in [5, 5.41) is 8.36. The Hall–Kier alpha value is -0.0505. The monoisotopic (exact) mass is 186 g/mol. The van der Waals surface area contributed by atoms with Crippen molar-refractivity contribution in [3.8, 4) is 0 Å². The Balaban J connectivity index is 0. The first-order chi connectivity index (χ1) is 4.09. The minimum absolute atomic E-state index is 0. The Bertz CT molecular complexity index is 108. The van der Waals surface area contributed by atoms with Crippen molar-refractivity contribution in [2.24, 2.45) is 11.7 Å². The van der Waals surface area contributed by atoms with Gasteiger partial charge in [-0.1, -0.05) is 20.3 Å². The van der Waals surface area contributed by atoms with E-state index in [1.165, 1.54) is 0 Å². The molecule has 0 saturated carbocycles. The Morgan fingerprint density at radius 2 is 2.10 bits per heavy atom. The molecule has 61 valence electrons. The van der Waals surface area contributed by atoms with Crippen molar-refractivity contribution in [3.63, 3.8) is 0 Å². The number of rotatable bonds is 3. The molecule has 3 N–H and O–H groups in total. The molecule has 0 aromatic heterocycles. The first-order valence-electron chi connectivity index (χ1n) is 3.08. The van der Waals surface area contributed by atoms with Gasteiger partial charge < -0.3 is 10.8 Å². The summed E-state index contributed by atoms with van der Waals surface area (Å²) >= 11 is 0. The van der Waals surface area contributed by atoms with Gasteiger partial charge in [-0.05, 0) is 5.92 Å². The molecule has 0 aromatic rings. The smallest absolute Gasteiger partial charge is 0.320 e. The second kappa shape index (κ2) is 5.71. The van der Waals surface area contributed by atoms with Crippen LogP contribution in [0.15, 0.2) is 0 Å². The third-order valence-electron chi connectivity index (χ3n) is 1.54. The zero-order valence-corrected chi connectivity index (χ0v) is 7.35. The van der Waals surface area contributed by atoms with Crippen molar-refractivity contribution in [2.75, 3.05) is 0 Å². The molecule has 0 spiro atoms. The third kappa shape index (κ3) is 3.88. The van der Waals surface area contributed by atoms with E-state index in [9.17, 15) is 4.79 Å². The summed E-state index contributed by atoms with van der Waals surface area (Å²) in [7, 11) is 0. The van der Waals surface area contributed by atoms with Crippen LogP contribution in [0, 0.1) is 5.92 Å². The minimum atomic E-state index is -0.913. The van der Waals surface area contributed by atoms with Crippen LogP contribution in [0.25, 0.3) is 0 Å². The van der Waals surface area contributed by atoms with E-state index in [0.717, 1.165) is 6.42 Å². The molecule has 1 radical (unpaired) electrons. The van der Waals surface area contributed by atoms with Gasteiger partial charge in [0.25, 0.3) is 0 Å². The van der Waals surface area contributed by atoms with Crippen molar-refractivity contribution in [2.45, 2.75) is 26.3 Å². The summed E-state index contributed by atoms with van der Waals surface area (Å²) in [5.74, 6) is -0.841. The molecular weight excluding hydrogens is 173 g/mol. The molecular formula is C6H13MnNO2. The molecule has 0 heterocycles. The van der Waals surface area contributed by atoms with Crippen LogP contribution in [0.2, 0.25) is 0 Å². The first-order valence-corrected chi connectivity index (χ1v) is 3.08. The molecule has 0 unspecified atom stereocenters. The zero-order chi connectivity index (χ0) is 7.44. The number of hydrogen-bond acceptors (Lipinski definition) is 2. The number of nitrogens with two attached hydrogens (primary N) is 1. The molecule has 0 fully saturated rings. The van der Waals surface area contributed by atoms with E-state index in [4.69, 9.17) is 10.8 Å². The maximum atomic E-state index is 10.2. The molecule has 0 bridgehead atoms. The van der Waals surface area contributed by atoms with Gasteiger partial charge in [0.1, 0.15) is 6.04 Å². The van der Waals surface area contributed by atoms with E-state index in [1.807, 2.05) is 13.8 Å². The summed E-state index contributed by atoms with van der Waals surface area (Å²) in [5.41, 5.74) is 5.27. The fourth-order valence-corrected chi connectivity index (χ4v) is 0.497. The predicted molar refractivity (Wildman–Crippen MR) is 35.1 cm³/mol. The molecule has 0 aliphatic heterocycles. The van der Waals surface area contributed by atoms with E-state index in [2.05, 4.69) is 0 Å². The van der Waals surface area contributed by atoms with Crippen molar-refractivity contribution >= 4 is 5.97 Å². The molecule has 0 saturated heterocycles. The maximum Gasteiger partial charge on any atom is 0.320 e. The first kappa shape index (κ1) is 12.6. The van der Waals surface area contributed by atoms with Crippen LogP contribution in [0.5, 0.6) is 0 Å². The fraction of sp³-hybridized carbons (Fsp3) is 0.833. The number of aliphatic carboxylic acids is 1. The van der Waals surface area contributed by atoms with Gasteiger partial charge in [0.05, 0.1) is 0 Å². The molecule has 3 nitrogen and oxygen atoms in total. The van der Waals surface area contributed by atoms with Gasteiger partial charge in [0.2, 0.25) is 0 Å². The van der Waals surface area contributed by atoms with E-state index in [0.29, 0.717) is 0 Å². The Morgan fingerprint density at radius 3 is 2.20 bits per heavy atom. The van der Waals surface area contributed by atoms with E-state index >= 15 is 0 Å². The van der Waals surface area contributed by atoms with Gasteiger partial charge in [-0.3, -0.25) is 4.79 Å². The van der Waals surface area contributed by atoms with Crippen LogP contribution in [0.4, 0.5) is 0 Å². The van der Waals surface area contributed by atoms with E-state index in [-0.39, 0.29) is 23.0 Å². The second-order valence-electron chi connectivity index (χ2n) is 2.25. The molecule has 0 aliphatic rings. The van der Waals surface area contributed by atoms with Crippen LogP contribution in [-0.2, 0) is 21.9 Å². The van der Waals surface area contributed by atoms with Crippen LogP contribution < -0.4 is 5.73 Å². The molecule has 4 heteroatoms. The molecule has 2 atom stereocenters. The normalized spacial score (nSPS) is 15.1. The summed E-state index contributed by atoms with van der Waals surface area (Å²) in [6.45, 7) is 3.76. The van der Waals surface area contributed by atoms with Crippen LogP contribution in [0.3, 0.4) is 0 Å². The van der Waals surface area contributed by atoms with E-state index < -0.39 is 12.0 Å². The van der Waals surface area contributed by atoms with Crippen LogP contribution in [0.1, 0.15) is 20.3 Å². The van der Waals surface area contributed by atoms with Gasteiger partial charge in [0.15, 0.2) is 0 Å². The molecule has 0 aromatic carbocycles. The largest absolute Gasteiger partial charge is 0.480 e. The predicted octanol–water partition coefficient (Wildman–Crippen LogP) is 0.442. The van der Waals surface area contributed by atoms with Crippen LogP contribution >= 0.6 is 0 Å². The Morgan fingerprint density at radius 1 is 1.70 bits per heavy atom. The van der Waals surface area contributed by atoms with Gasteiger partial charge in [-0.25, -0.2) is 0 Å². The fourth-order valence-electron chi connectivity index (χ4n) is 0.497. The maximum absolute atomic E-state index is 10.2. The molecule has 0 aliphatic carbocycles. The van der Waals surface area contributed by atoms with Crippen molar-refractivity contribution in [1.82, 2.24) is 0 Å². The Kier molecular flexibility index (Phi) is 7.20. The molecule has 0 rings (SSSR count). The molecule has 10 heavy (non-hydrogen) atoms. The van der Waals surface area contributed by atoms with Crippen molar-refractivity contribution in [1.29, 1.82) is 0 Å². The summed E-state index contributed by atoms with van der Waals surface area (Å²) in [4.78, 5) is 10.2. The van der Waals surface area contributed by atoms with Gasteiger partial charge in [-0.2, -0.15) is 0 Å². The van der Waals surface area contributed by atoms with Gasteiger partial charge >= 0.3 is 5.97 Å². The number of hydrogen-bond donors (Lipinski definition) is 2. The number of carbonyl (C=O) groups is 1. The number of carboxylic acid groups (broad SMARTS) is 1. The average molecular weight is 186 g/mol. The minimum Gasteiger partial charge on any atom is -0.480 e. The third-order valence-corrected chi connectivity index (χ3v) is 1.54. The quantitative estimate of drug-likeness (QED) is 0.628. The summed E-state index contributed by atoms with van der Waals surface area (Å²) in [6.07, 6.45) is 0.813. The standard InChI is InChI=1S/C6H13NO2.Mn/c1-3-4(2)5(7)6(8)9;/h4-5H,3,7H2,1-2H3,(H,8,9);/t4-,5-;/m0./s1. The SMILES string of the molecule is CC[C@H](C)[C@H](N)C(=O)O.[Mn]. The summed E-state index contributed by atoms with van der Waals surface area (Å²) < 4.78 is 0. The summed E-state index contributed by atoms with van der Waals surface area (Å²) in [6, 6.07) is -0.699. The molecule has 0 amide bonds.